The van der Waals surface area contributed by atoms with Gasteiger partial charge in [-0.25, -0.2) is 14.6 Å². The van der Waals surface area contributed by atoms with Crippen molar-refractivity contribution < 1.29 is 4.79 Å². The van der Waals surface area contributed by atoms with E-state index in [9.17, 15) is 4.79 Å². The van der Waals surface area contributed by atoms with Crippen LogP contribution in [0.15, 0.2) is 61.3 Å². The molecule has 2 aromatic heterocycles. The highest BCUT2D eigenvalue weighted by atomic mass is 16.1. The lowest BCUT2D eigenvalue weighted by Crippen LogP contribution is -2.21. The van der Waals surface area contributed by atoms with Crippen molar-refractivity contribution in [2.45, 2.75) is 6.54 Å². The topological polar surface area (TPSA) is 96.5 Å². The van der Waals surface area contributed by atoms with Crippen molar-refractivity contribution in [1.29, 1.82) is 5.26 Å². The zero-order chi connectivity index (χ0) is 17.5. The van der Waals surface area contributed by atoms with E-state index in [4.69, 9.17) is 5.26 Å². The monoisotopic (exact) mass is 330 g/mol. The first-order chi connectivity index (χ1) is 12.3. The molecule has 3 aromatic rings. The zero-order valence-electron chi connectivity index (χ0n) is 13.2. The number of pyridine rings is 1. The molecule has 122 valence electrons. The van der Waals surface area contributed by atoms with Gasteiger partial charge < -0.3 is 5.32 Å². The summed E-state index contributed by atoms with van der Waals surface area (Å²) in [5, 5.41) is 15.6. The van der Waals surface area contributed by atoms with Gasteiger partial charge >= 0.3 is 0 Å². The van der Waals surface area contributed by atoms with E-state index in [1.807, 2.05) is 6.07 Å². The number of hydrogen-bond donors (Lipinski definition) is 1. The number of rotatable bonds is 5. The van der Waals surface area contributed by atoms with Crippen LogP contribution in [-0.4, -0.2) is 25.7 Å². The Balaban J connectivity index is 1.63. The summed E-state index contributed by atoms with van der Waals surface area (Å²) in [4.78, 5) is 20.2. The lowest BCUT2D eigenvalue weighted by atomic mass is 10.1. The number of carbonyl (C=O) groups excluding carboxylic acids is 1. The maximum atomic E-state index is 12.0. The fourth-order valence-electron chi connectivity index (χ4n) is 2.17. The summed E-state index contributed by atoms with van der Waals surface area (Å²) in [5.74, 6) is 0.397. The lowest BCUT2D eigenvalue weighted by Gasteiger charge is -2.08. The van der Waals surface area contributed by atoms with Crippen LogP contribution in [-0.2, 0) is 11.3 Å². The number of nitrogens with zero attached hydrogens (tertiary/aromatic N) is 5. The minimum Gasteiger partial charge on any atom is -0.348 e. The molecule has 3 rings (SSSR count). The number of carbonyl (C=O) groups is 1. The average molecular weight is 330 g/mol. The summed E-state index contributed by atoms with van der Waals surface area (Å²) in [7, 11) is 0. The van der Waals surface area contributed by atoms with Crippen molar-refractivity contribution in [2.75, 3.05) is 0 Å². The van der Waals surface area contributed by atoms with Gasteiger partial charge in [-0.2, -0.15) is 10.4 Å². The second-order valence-corrected chi connectivity index (χ2v) is 5.11. The van der Waals surface area contributed by atoms with Crippen molar-refractivity contribution in [2.24, 2.45) is 0 Å². The molecule has 0 saturated carbocycles. The Bertz CT molecular complexity index is 923. The number of hydrogen-bond acceptors (Lipinski definition) is 5. The number of benzene rings is 1. The molecule has 1 aromatic carbocycles. The number of aromatic nitrogens is 4. The minimum atomic E-state index is -0.224. The normalized spacial score (nSPS) is 10.5. The molecule has 0 fully saturated rings. The molecule has 0 atom stereocenters. The van der Waals surface area contributed by atoms with Gasteiger partial charge in [-0.15, -0.1) is 0 Å². The van der Waals surface area contributed by atoms with E-state index in [0.29, 0.717) is 17.9 Å². The van der Waals surface area contributed by atoms with E-state index in [1.54, 1.807) is 53.6 Å². The van der Waals surface area contributed by atoms with Crippen LogP contribution >= 0.6 is 0 Å². The predicted molar refractivity (Wildman–Crippen MR) is 91.2 cm³/mol. The maximum absolute atomic E-state index is 12.0. The highest BCUT2D eigenvalue weighted by molar-refractivity contribution is 5.91. The SMILES string of the molecule is N#Cc1ccc(C=CC(=O)NCc2cccnc2-n2cncn2)cc1. The van der Waals surface area contributed by atoms with Crippen molar-refractivity contribution in [3.63, 3.8) is 0 Å². The largest absolute Gasteiger partial charge is 0.348 e. The van der Waals surface area contributed by atoms with Crippen molar-refractivity contribution in [3.05, 3.63) is 78.0 Å². The number of amides is 1. The zero-order valence-corrected chi connectivity index (χ0v) is 13.2. The van der Waals surface area contributed by atoms with E-state index in [-0.39, 0.29) is 5.91 Å². The molecule has 0 aliphatic heterocycles. The fraction of sp³-hybridized carbons (Fsp3) is 0.0556. The van der Waals surface area contributed by atoms with Crippen LogP contribution in [0.3, 0.4) is 0 Å². The van der Waals surface area contributed by atoms with Gasteiger partial charge in [-0.1, -0.05) is 18.2 Å². The Morgan fingerprint density at radius 2 is 2.12 bits per heavy atom. The molecule has 0 aliphatic rings. The molecule has 0 saturated heterocycles. The van der Waals surface area contributed by atoms with Crippen LogP contribution < -0.4 is 5.32 Å². The van der Waals surface area contributed by atoms with E-state index < -0.39 is 0 Å². The Kier molecular flexibility index (Phi) is 4.93. The molecule has 0 radical (unpaired) electrons. The van der Waals surface area contributed by atoms with Gasteiger partial charge in [0.1, 0.15) is 12.7 Å². The summed E-state index contributed by atoms with van der Waals surface area (Å²) in [5.41, 5.74) is 2.26. The Morgan fingerprint density at radius 1 is 1.28 bits per heavy atom. The van der Waals surface area contributed by atoms with Gasteiger partial charge in [0.15, 0.2) is 5.82 Å². The molecule has 7 nitrogen and oxygen atoms in total. The van der Waals surface area contributed by atoms with Crippen LogP contribution in [0.25, 0.3) is 11.9 Å². The summed E-state index contributed by atoms with van der Waals surface area (Å²) >= 11 is 0. The first kappa shape index (κ1) is 16.1. The van der Waals surface area contributed by atoms with Crippen LogP contribution in [0.2, 0.25) is 0 Å². The molecule has 0 aliphatic carbocycles. The van der Waals surface area contributed by atoms with Gasteiger partial charge in [0.25, 0.3) is 0 Å². The van der Waals surface area contributed by atoms with E-state index >= 15 is 0 Å². The third-order valence-corrected chi connectivity index (χ3v) is 3.42. The second-order valence-electron chi connectivity index (χ2n) is 5.11. The molecule has 0 bridgehead atoms. The molecule has 7 heteroatoms. The molecular weight excluding hydrogens is 316 g/mol. The quantitative estimate of drug-likeness (QED) is 0.720. The summed E-state index contributed by atoms with van der Waals surface area (Å²) in [6.07, 6.45) is 7.79. The smallest absolute Gasteiger partial charge is 0.244 e. The third kappa shape index (κ3) is 4.14. The molecule has 0 unspecified atom stereocenters. The lowest BCUT2D eigenvalue weighted by molar-refractivity contribution is -0.116. The fourth-order valence-corrected chi connectivity index (χ4v) is 2.17. The molecular formula is C18H14N6O. The summed E-state index contributed by atoms with van der Waals surface area (Å²) in [6.45, 7) is 0.319. The van der Waals surface area contributed by atoms with Crippen LogP contribution in [0.1, 0.15) is 16.7 Å². The van der Waals surface area contributed by atoms with Gasteiger partial charge in [0.2, 0.25) is 5.91 Å². The number of nitrogens with one attached hydrogen (secondary N) is 1. The second kappa shape index (κ2) is 7.66. The Morgan fingerprint density at radius 3 is 2.84 bits per heavy atom. The van der Waals surface area contributed by atoms with Crippen LogP contribution in [0, 0.1) is 11.3 Å². The predicted octanol–water partition coefficient (Wildman–Crippen LogP) is 1.86. The van der Waals surface area contributed by atoms with Gasteiger partial charge in [0, 0.05) is 24.4 Å². The van der Waals surface area contributed by atoms with Crippen LogP contribution in [0.5, 0.6) is 0 Å². The first-order valence-electron chi connectivity index (χ1n) is 7.51. The highest BCUT2D eigenvalue weighted by Gasteiger charge is 2.07. The first-order valence-corrected chi connectivity index (χ1v) is 7.51. The maximum Gasteiger partial charge on any atom is 0.244 e. The van der Waals surface area contributed by atoms with Crippen molar-refractivity contribution >= 4 is 12.0 Å². The standard InChI is InChI=1S/C18H14N6O/c19-10-15-5-3-14(4-6-15)7-8-17(25)22-11-16-2-1-9-21-18(16)24-13-20-12-23-24/h1-9,12-13H,11H2,(H,22,25). The molecule has 1 amide bonds. The number of nitriles is 1. The minimum absolute atomic E-state index is 0.224. The van der Waals surface area contributed by atoms with Crippen molar-refractivity contribution in [3.8, 4) is 11.9 Å². The van der Waals surface area contributed by atoms with Crippen molar-refractivity contribution in [1.82, 2.24) is 25.1 Å². The van der Waals surface area contributed by atoms with Crippen LogP contribution in [0.4, 0.5) is 0 Å². The average Bonchev–Trinajstić information content (AvgIpc) is 3.20. The molecule has 2 heterocycles. The summed E-state index contributed by atoms with van der Waals surface area (Å²) in [6, 6.07) is 12.7. The third-order valence-electron chi connectivity index (χ3n) is 3.42. The van der Waals surface area contributed by atoms with E-state index in [0.717, 1.165) is 11.1 Å². The summed E-state index contributed by atoms with van der Waals surface area (Å²) < 4.78 is 1.55. The van der Waals surface area contributed by atoms with Gasteiger partial charge in [0.05, 0.1) is 11.6 Å². The molecule has 25 heavy (non-hydrogen) atoms. The highest BCUT2D eigenvalue weighted by Crippen LogP contribution is 2.09. The Labute approximate surface area is 144 Å². The van der Waals surface area contributed by atoms with E-state index in [1.165, 1.54) is 12.4 Å². The molecule has 1 N–H and O–H groups in total. The van der Waals surface area contributed by atoms with Gasteiger partial charge in [-0.3, -0.25) is 4.79 Å². The Hall–Kier alpha value is -3.79. The van der Waals surface area contributed by atoms with Gasteiger partial charge in [-0.05, 0) is 29.8 Å². The molecule has 0 spiro atoms. The van der Waals surface area contributed by atoms with E-state index in [2.05, 4.69) is 26.5 Å².